The Morgan fingerprint density at radius 2 is 2.14 bits per heavy atom. The average molecular weight is 230 g/mol. The number of rotatable bonds is 2. The molecule has 2 heterocycles. The van der Waals surface area contributed by atoms with Gasteiger partial charge in [0.2, 0.25) is 0 Å². The van der Waals surface area contributed by atoms with Gasteiger partial charge in [-0.2, -0.15) is 11.3 Å². The van der Waals surface area contributed by atoms with Crippen molar-refractivity contribution in [3.05, 3.63) is 46.0 Å². The van der Waals surface area contributed by atoms with Crippen LogP contribution in [0, 0.1) is 6.92 Å². The van der Waals surface area contributed by atoms with Gasteiger partial charge in [0.05, 0.1) is 6.04 Å². The van der Waals surface area contributed by atoms with E-state index in [0.717, 1.165) is 17.1 Å². The Kier molecular flexibility index (Phi) is 3.75. The van der Waals surface area contributed by atoms with Crippen LogP contribution in [0.1, 0.15) is 23.1 Å². The quantitative estimate of drug-likeness (QED) is 0.860. The van der Waals surface area contributed by atoms with Crippen LogP contribution >= 0.6 is 23.7 Å². The average Bonchev–Trinajstić information content (AvgIpc) is 2.72. The molecule has 0 aliphatic rings. The van der Waals surface area contributed by atoms with Gasteiger partial charge >= 0.3 is 0 Å². The van der Waals surface area contributed by atoms with Gasteiger partial charge in [-0.25, -0.2) is 0 Å². The van der Waals surface area contributed by atoms with Crippen molar-refractivity contribution in [2.75, 3.05) is 0 Å². The van der Waals surface area contributed by atoms with E-state index in [1.54, 1.807) is 11.3 Å². The minimum absolute atomic E-state index is 0. The molecule has 0 saturated carbocycles. The Morgan fingerprint density at radius 3 is 2.64 bits per heavy atom. The van der Waals surface area contributed by atoms with Crippen molar-refractivity contribution < 1.29 is 4.42 Å². The molecule has 2 N–H and O–H groups in total. The van der Waals surface area contributed by atoms with Crippen molar-refractivity contribution in [2.24, 2.45) is 5.73 Å². The maximum Gasteiger partial charge on any atom is 0.125 e. The normalized spacial score (nSPS) is 12.1. The zero-order valence-corrected chi connectivity index (χ0v) is 9.40. The number of aryl methyl sites for hydroxylation is 1. The molecule has 0 aromatic carbocycles. The number of nitrogens with two attached hydrogens (primary N) is 1. The van der Waals surface area contributed by atoms with E-state index < -0.39 is 0 Å². The van der Waals surface area contributed by atoms with Gasteiger partial charge in [-0.15, -0.1) is 12.4 Å². The molecule has 2 nitrogen and oxygen atoms in total. The fourth-order valence-corrected chi connectivity index (χ4v) is 1.93. The summed E-state index contributed by atoms with van der Waals surface area (Å²) in [5, 5.41) is 4.06. The first kappa shape index (κ1) is 11.3. The summed E-state index contributed by atoms with van der Waals surface area (Å²) in [5.41, 5.74) is 7.10. The van der Waals surface area contributed by atoms with E-state index in [2.05, 4.69) is 0 Å². The van der Waals surface area contributed by atoms with Crippen LogP contribution in [0.2, 0.25) is 0 Å². The second-order valence-electron chi connectivity index (χ2n) is 2.98. The molecule has 4 heteroatoms. The molecule has 2 aromatic rings. The molecule has 0 aliphatic heterocycles. The molecule has 2 aromatic heterocycles. The Bertz CT molecular complexity index is 382. The Labute approximate surface area is 93.1 Å². The minimum atomic E-state index is -0.125. The third-order valence-electron chi connectivity index (χ3n) is 1.97. The first-order valence-electron chi connectivity index (χ1n) is 4.11. The smallest absolute Gasteiger partial charge is 0.125 e. The predicted octanol–water partition coefficient (Wildman–Crippen LogP) is 3.12. The summed E-state index contributed by atoms with van der Waals surface area (Å²) in [5.74, 6) is 1.73. The van der Waals surface area contributed by atoms with Gasteiger partial charge in [-0.1, -0.05) is 0 Å². The zero-order valence-electron chi connectivity index (χ0n) is 7.77. The van der Waals surface area contributed by atoms with Crippen LogP contribution < -0.4 is 5.73 Å². The SMILES string of the molecule is Cc1ccc([C@H](N)c2ccsc2)o1.Cl. The molecular formula is C10H12ClNOS. The van der Waals surface area contributed by atoms with Crippen molar-refractivity contribution >= 4 is 23.7 Å². The highest BCUT2D eigenvalue weighted by molar-refractivity contribution is 7.07. The molecule has 0 saturated heterocycles. The van der Waals surface area contributed by atoms with E-state index in [-0.39, 0.29) is 18.4 Å². The van der Waals surface area contributed by atoms with Crippen LogP contribution in [0.3, 0.4) is 0 Å². The number of furan rings is 1. The molecule has 2 rings (SSSR count). The summed E-state index contributed by atoms with van der Waals surface area (Å²) in [7, 11) is 0. The zero-order chi connectivity index (χ0) is 9.26. The lowest BCUT2D eigenvalue weighted by Gasteiger charge is -2.05. The third-order valence-corrected chi connectivity index (χ3v) is 2.67. The molecule has 14 heavy (non-hydrogen) atoms. The Balaban J connectivity index is 0.000000980. The van der Waals surface area contributed by atoms with Crippen molar-refractivity contribution in [1.29, 1.82) is 0 Å². The van der Waals surface area contributed by atoms with Crippen LogP contribution in [0.5, 0.6) is 0 Å². The maximum absolute atomic E-state index is 5.99. The molecule has 1 atom stereocenters. The van der Waals surface area contributed by atoms with Crippen molar-refractivity contribution in [3.63, 3.8) is 0 Å². The summed E-state index contributed by atoms with van der Waals surface area (Å²) in [6.45, 7) is 1.92. The van der Waals surface area contributed by atoms with Gasteiger partial charge in [-0.3, -0.25) is 0 Å². The van der Waals surface area contributed by atoms with Crippen molar-refractivity contribution in [2.45, 2.75) is 13.0 Å². The lowest BCUT2D eigenvalue weighted by Crippen LogP contribution is -2.09. The largest absolute Gasteiger partial charge is 0.464 e. The van der Waals surface area contributed by atoms with Crippen LogP contribution in [0.4, 0.5) is 0 Å². The Morgan fingerprint density at radius 1 is 1.36 bits per heavy atom. The minimum Gasteiger partial charge on any atom is -0.464 e. The van der Waals surface area contributed by atoms with E-state index in [1.165, 1.54) is 0 Å². The van der Waals surface area contributed by atoms with E-state index in [4.69, 9.17) is 10.2 Å². The van der Waals surface area contributed by atoms with E-state index in [9.17, 15) is 0 Å². The van der Waals surface area contributed by atoms with Gasteiger partial charge in [0.15, 0.2) is 0 Å². The lowest BCUT2D eigenvalue weighted by atomic mass is 10.1. The number of thiophene rings is 1. The number of hydrogen-bond donors (Lipinski definition) is 1. The van der Waals surface area contributed by atoms with Crippen molar-refractivity contribution in [3.8, 4) is 0 Å². The van der Waals surface area contributed by atoms with E-state index >= 15 is 0 Å². The van der Waals surface area contributed by atoms with Gasteiger partial charge in [0, 0.05) is 0 Å². The lowest BCUT2D eigenvalue weighted by molar-refractivity contribution is 0.466. The summed E-state index contributed by atoms with van der Waals surface area (Å²) in [4.78, 5) is 0. The molecule has 0 spiro atoms. The highest BCUT2D eigenvalue weighted by Crippen LogP contribution is 2.22. The molecule has 0 radical (unpaired) electrons. The van der Waals surface area contributed by atoms with Gasteiger partial charge < -0.3 is 10.2 Å². The molecular weight excluding hydrogens is 218 g/mol. The summed E-state index contributed by atoms with van der Waals surface area (Å²) in [6.07, 6.45) is 0. The second-order valence-corrected chi connectivity index (χ2v) is 3.76. The van der Waals surface area contributed by atoms with E-state index in [1.807, 2.05) is 35.9 Å². The molecule has 0 unspecified atom stereocenters. The van der Waals surface area contributed by atoms with Crippen LogP contribution in [0.15, 0.2) is 33.4 Å². The van der Waals surface area contributed by atoms with Gasteiger partial charge in [0.25, 0.3) is 0 Å². The first-order valence-corrected chi connectivity index (χ1v) is 5.05. The fourth-order valence-electron chi connectivity index (χ4n) is 1.24. The maximum atomic E-state index is 5.99. The Hall–Kier alpha value is -0.770. The molecule has 0 bridgehead atoms. The topological polar surface area (TPSA) is 39.2 Å². The fraction of sp³-hybridized carbons (Fsp3) is 0.200. The van der Waals surface area contributed by atoms with Crippen molar-refractivity contribution in [1.82, 2.24) is 0 Å². The number of halogens is 1. The summed E-state index contributed by atoms with van der Waals surface area (Å²) in [6, 6.07) is 5.76. The summed E-state index contributed by atoms with van der Waals surface area (Å²) < 4.78 is 5.45. The van der Waals surface area contributed by atoms with Gasteiger partial charge in [0.1, 0.15) is 11.5 Å². The van der Waals surface area contributed by atoms with Crippen LogP contribution in [-0.4, -0.2) is 0 Å². The highest BCUT2D eigenvalue weighted by atomic mass is 35.5. The highest BCUT2D eigenvalue weighted by Gasteiger charge is 2.12. The van der Waals surface area contributed by atoms with E-state index in [0.29, 0.717) is 0 Å². The summed E-state index contributed by atoms with van der Waals surface area (Å²) >= 11 is 1.65. The third kappa shape index (κ3) is 2.18. The molecule has 0 aliphatic carbocycles. The standard InChI is InChI=1S/C10H11NOS.ClH/c1-7-2-3-9(12-7)10(11)8-4-5-13-6-8;/h2-6,10H,11H2,1H3;1H/t10-;/m1./s1. The van der Waals surface area contributed by atoms with Crippen LogP contribution in [0.25, 0.3) is 0 Å². The predicted molar refractivity (Wildman–Crippen MR) is 61.0 cm³/mol. The first-order chi connectivity index (χ1) is 6.27. The van der Waals surface area contributed by atoms with Gasteiger partial charge in [-0.05, 0) is 41.4 Å². The molecule has 0 amide bonds. The second kappa shape index (κ2) is 4.64. The molecule has 76 valence electrons. The molecule has 0 fully saturated rings. The number of hydrogen-bond acceptors (Lipinski definition) is 3. The monoisotopic (exact) mass is 229 g/mol. The van der Waals surface area contributed by atoms with Crippen LogP contribution in [-0.2, 0) is 0 Å².